The van der Waals surface area contributed by atoms with E-state index in [4.69, 9.17) is 16.7 Å². The summed E-state index contributed by atoms with van der Waals surface area (Å²) in [6.07, 6.45) is 0. The number of rotatable bonds is 0. The molecule has 56 valence electrons. The minimum absolute atomic E-state index is 0.262. The van der Waals surface area contributed by atoms with Crippen molar-refractivity contribution in [3.8, 4) is 5.75 Å². The molecule has 0 fully saturated rings. The van der Waals surface area contributed by atoms with Crippen LogP contribution in [0.25, 0.3) is 10.1 Å². The molecule has 1 heterocycles. The summed E-state index contributed by atoms with van der Waals surface area (Å²) in [5, 5.41) is 12.6. The summed E-state index contributed by atoms with van der Waals surface area (Å²) in [6, 6.07) is 5.20. The Morgan fingerprint density at radius 3 is 3.00 bits per heavy atom. The third-order valence-corrected chi connectivity index (χ3v) is 2.92. The van der Waals surface area contributed by atoms with E-state index in [1.165, 1.54) is 0 Å². The van der Waals surface area contributed by atoms with Crippen LogP contribution < -0.4 is 0 Å². The van der Waals surface area contributed by atoms with Gasteiger partial charge in [-0.2, -0.15) is 0 Å². The molecule has 0 bridgehead atoms. The summed E-state index contributed by atoms with van der Waals surface area (Å²) >= 11 is 7.42. The van der Waals surface area contributed by atoms with Crippen LogP contribution in [-0.4, -0.2) is 5.11 Å². The zero-order valence-electron chi connectivity index (χ0n) is 5.54. The summed E-state index contributed by atoms with van der Waals surface area (Å²) in [5.74, 6) is 0.262. The first-order valence-electron chi connectivity index (χ1n) is 3.13. The largest absolute Gasteiger partial charge is 0.508 e. The normalized spacial score (nSPS) is 10.6. The number of hydrogen-bond donors (Lipinski definition) is 1. The molecular weight excluding hydrogens is 180 g/mol. The monoisotopic (exact) mass is 184 g/mol. The molecule has 1 N–H and O–H groups in total. The number of hydrogen-bond acceptors (Lipinski definition) is 2. The van der Waals surface area contributed by atoms with Gasteiger partial charge < -0.3 is 5.11 Å². The SMILES string of the molecule is Oc1ccc2scc(Cl)c2c1. The molecular formula is C8H5ClOS. The van der Waals surface area contributed by atoms with Crippen molar-refractivity contribution in [2.45, 2.75) is 0 Å². The van der Waals surface area contributed by atoms with Gasteiger partial charge >= 0.3 is 0 Å². The van der Waals surface area contributed by atoms with Gasteiger partial charge in [0.05, 0.1) is 5.02 Å². The maximum absolute atomic E-state index is 9.12. The highest BCUT2D eigenvalue weighted by atomic mass is 35.5. The lowest BCUT2D eigenvalue weighted by molar-refractivity contribution is 0.476. The van der Waals surface area contributed by atoms with Crippen molar-refractivity contribution in [2.75, 3.05) is 0 Å². The smallest absolute Gasteiger partial charge is 0.116 e. The molecule has 0 spiro atoms. The molecule has 2 aromatic rings. The maximum atomic E-state index is 9.12. The van der Waals surface area contributed by atoms with Gasteiger partial charge in [0, 0.05) is 15.5 Å². The van der Waals surface area contributed by atoms with Crippen molar-refractivity contribution in [3.63, 3.8) is 0 Å². The fraction of sp³-hybridized carbons (Fsp3) is 0. The predicted molar refractivity (Wildman–Crippen MR) is 48.5 cm³/mol. The van der Waals surface area contributed by atoms with Crippen LogP contribution in [0.3, 0.4) is 0 Å². The van der Waals surface area contributed by atoms with Crippen LogP contribution in [0.1, 0.15) is 0 Å². The van der Waals surface area contributed by atoms with Gasteiger partial charge in [-0.25, -0.2) is 0 Å². The molecule has 1 aromatic carbocycles. The Labute approximate surface area is 72.9 Å². The zero-order chi connectivity index (χ0) is 7.84. The quantitative estimate of drug-likeness (QED) is 0.667. The molecule has 0 atom stereocenters. The second-order valence-electron chi connectivity index (χ2n) is 2.26. The lowest BCUT2D eigenvalue weighted by Crippen LogP contribution is -1.63. The van der Waals surface area contributed by atoms with Crippen LogP contribution in [0.5, 0.6) is 5.75 Å². The number of thiophene rings is 1. The Hall–Kier alpha value is -0.730. The van der Waals surface area contributed by atoms with Gasteiger partial charge in [0.1, 0.15) is 5.75 Å². The summed E-state index contributed by atoms with van der Waals surface area (Å²) in [5.41, 5.74) is 0. The van der Waals surface area contributed by atoms with Crippen molar-refractivity contribution in [3.05, 3.63) is 28.6 Å². The number of benzene rings is 1. The van der Waals surface area contributed by atoms with Crippen molar-refractivity contribution in [1.29, 1.82) is 0 Å². The summed E-state index contributed by atoms with van der Waals surface area (Å²) in [6.45, 7) is 0. The third kappa shape index (κ3) is 1.08. The average Bonchev–Trinajstić information content (AvgIpc) is 2.33. The Kier molecular flexibility index (Phi) is 1.51. The van der Waals surface area contributed by atoms with Crippen molar-refractivity contribution >= 4 is 33.0 Å². The van der Waals surface area contributed by atoms with E-state index < -0.39 is 0 Å². The highest BCUT2D eigenvalue weighted by Gasteiger charge is 2.00. The first-order valence-corrected chi connectivity index (χ1v) is 4.39. The first-order chi connectivity index (χ1) is 5.27. The number of aromatic hydroxyl groups is 1. The van der Waals surface area contributed by atoms with Gasteiger partial charge in [-0.3, -0.25) is 0 Å². The van der Waals surface area contributed by atoms with E-state index in [-0.39, 0.29) is 5.75 Å². The van der Waals surface area contributed by atoms with Crippen molar-refractivity contribution in [2.24, 2.45) is 0 Å². The van der Waals surface area contributed by atoms with E-state index in [9.17, 15) is 0 Å². The molecule has 1 nitrogen and oxygen atoms in total. The van der Waals surface area contributed by atoms with Crippen LogP contribution >= 0.6 is 22.9 Å². The molecule has 0 aliphatic carbocycles. The van der Waals surface area contributed by atoms with E-state index in [0.717, 1.165) is 10.1 Å². The molecule has 11 heavy (non-hydrogen) atoms. The summed E-state index contributed by atoms with van der Waals surface area (Å²) < 4.78 is 1.10. The lowest BCUT2D eigenvalue weighted by atomic mass is 10.2. The van der Waals surface area contributed by atoms with Crippen LogP contribution in [0.15, 0.2) is 23.6 Å². The average molecular weight is 185 g/mol. The second-order valence-corrected chi connectivity index (χ2v) is 3.58. The molecule has 0 aliphatic heterocycles. The second kappa shape index (κ2) is 2.40. The zero-order valence-corrected chi connectivity index (χ0v) is 7.12. The van der Waals surface area contributed by atoms with Gasteiger partial charge in [0.2, 0.25) is 0 Å². The number of phenols is 1. The van der Waals surface area contributed by atoms with Crippen LogP contribution in [0, 0.1) is 0 Å². The Balaban J connectivity index is 2.87. The standard InChI is InChI=1S/C8H5ClOS/c9-7-4-11-8-2-1-5(10)3-6(7)8/h1-4,10H. The predicted octanol–water partition coefficient (Wildman–Crippen LogP) is 3.26. The Bertz CT molecular complexity index is 394. The first kappa shape index (κ1) is 6.95. The van der Waals surface area contributed by atoms with Crippen LogP contribution in [0.4, 0.5) is 0 Å². The molecule has 0 radical (unpaired) electrons. The number of halogens is 1. The van der Waals surface area contributed by atoms with Gasteiger partial charge in [-0.1, -0.05) is 11.6 Å². The maximum Gasteiger partial charge on any atom is 0.116 e. The number of phenolic OH excluding ortho intramolecular Hbond substituents is 1. The minimum Gasteiger partial charge on any atom is -0.508 e. The van der Waals surface area contributed by atoms with Gasteiger partial charge in [0.25, 0.3) is 0 Å². The molecule has 3 heteroatoms. The minimum atomic E-state index is 0.262. The molecule has 0 amide bonds. The van der Waals surface area contributed by atoms with Gasteiger partial charge in [-0.15, -0.1) is 11.3 Å². The molecule has 0 saturated carbocycles. The number of fused-ring (bicyclic) bond motifs is 1. The van der Waals surface area contributed by atoms with E-state index in [2.05, 4.69) is 0 Å². The van der Waals surface area contributed by atoms with E-state index in [1.807, 2.05) is 11.4 Å². The molecule has 0 aliphatic rings. The van der Waals surface area contributed by atoms with Gasteiger partial charge in [0.15, 0.2) is 0 Å². The molecule has 1 aromatic heterocycles. The molecule has 2 rings (SSSR count). The topological polar surface area (TPSA) is 20.2 Å². The lowest BCUT2D eigenvalue weighted by Gasteiger charge is -1.91. The molecule has 0 unspecified atom stereocenters. The Morgan fingerprint density at radius 2 is 2.18 bits per heavy atom. The van der Waals surface area contributed by atoms with Crippen LogP contribution in [-0.2, 0) is 0 Å². The fourth-order valence-electron chi connectivity index (χ4n) is 0.986. The highest BCUT2D eigenvalue weighted by Crippen LogP contribution is 2.31. The van der Waals surface area contributed by atoms with E-state index in [0.29, 0.717) is 5.02 Å². The highest BCUT2D eigenvalue weighted by molar-refractivity contribution is 7.17. The summed E-state index contributed by atoms with van der Waals surface area (Å²) in [7, 11) is 0. The fourth-order valence-corrected chi connectivity index (χ4v) is 2.13. The summed E-state index contributed by atoms with van der Waals surface area (Å²) in [4.78, 5) is 0. The van der Waals surface area contributed by atoms with Crippen molar-refractivity contribution < 1.29 is 5.11 Å². The van der Waals surface area contributed by atoms with E-state index >= 15 is 0 Å². The van der Waals surface area contributed by atoms with Crippen molar-refractivity contribution in [1.82, 2.24) is 0 Å². The third-order valence-electron chi connectivity index (χ3n) is 1.51. The van der Waals surface area contributed by atoms with Crippen LogP contribution in [0.2, 0.25) is 5.02 Å². The Morgan fingerprint density at radius 1 is 1.36 bits per heavy atom. The molecule has 0 saturated heterocycles. The van der Waals surface area contributed by atoms with Gasteiger partial charge in [-0.05, 0) is 18.2 Å². The van der Waals surface area contributed by atoms with E-state index in [1.54, 1.807) is 23.5 Å².